The molecule has 1 heterocycles. The second kappa shape index (κ2) is 14.0. The Morgan fingerprint density at radius 3 is 1.94 bits per heavy atom. The van der Waals surface area contributed by atoms with Gasteiger partial charge in [-0.2, -0.15) is 0 Å². The summed E-state index contributed by atoms with van der Waals surface area (Å²) in [7, 11) is 0. The number of thiophene rings is 1. The molecule has 312 valence electrons. The van der Waals surface area contributed by atoms with Crippen molar-refractivity contribution in [2.75, 3.05) is 4.90 Å². The minimum absolute atomic E-state index is 0.109. The van der Waals surface area contributed by atoms with E-state index >= 15 is 0 Å². The van der Waals surface area contributed by atoms with Gasteiger partial charge in [-0.25, -0.2) is 0 Å². The minimum atomic E-state index is -0.199. The highest BCUT2D eigenvalue weighted by Gasteiger charge is 2.48. The van der Waals surface area contributed by atoms with Crippen molar-refractivity contribution >= 4 is 59.3 Å². The fourth-order valence-corrected chi connectivity index (χ4v) is 13.9. The van der Waals surface area contributed by atoms with Crippen LogP contribution in [0.5, 0.6) is 0 Å². The highest BCUT2D eigenvalue weighted by atomic mass is 32.1. The number of hydrogen-bond acceptors (Lipinski definition) is 2. The van der Waals surface area contributed by atoms with Crippen LogP contribution in [-0.4, -0.2) is 0 Å². The Hall–Kier alpha value is -7.52. The van der Waals surface area contributed by atoms with Crippen molar-refractivity contribution in [1.82, 2.24) is 0 Å². The average Bonchev–Trinajstić information content (AvgIpc) is 4.10. The van der Waals surface area contributed by atoms with Gasteiger partial charge in [0.15, 0.2) is 0 Å². The van der Waals surface area contributed by atoms with Gasteiger partial charge in [0.25, 0.3) is 0 Å². The molecule has 0 saturated carbocycles. The third kappa shape index (κ3) is 5.16. The minimum Gasteiger partial charge on any atom is -0.310 e. The molecule has 0 N–H and O–H groups in total. The number of aryl methyl sites for hydroxylation is 1. The van der Waals surface area contributed by atoms with E-state index in [1.807, 2.05) is 11.3 Å². The second-order valence-corrected chi connectivity index (χ2v) is 20.1. The zero-order valence-electron chi connectivity index (χ0n) is 37.0. The van der Waals surface area contributed by atoms with Gasteiger partial charge < -0.3 is 4.90 Å². The van der Waals surface area contributed by atoms with Crippen LogP contribution in [-0.2, 0) is 17.3 Å². The molecule has 0 aliphatic heterocycles. The molecule has 3 aliphatic rings. The van der Waals surface area contributed by atoms with Crippen molar-refractivity contribution < 1.29 is 0 Å². The van der Waals surface area contributed by atoms with Crippen molar-refractivity contribution in [3.05, 3.63) is 246 Å². The normalized spacial score (nSPS) is 16.1. The molecule has 0 saturated heterocycles. The standard InChI is InChI=1S/C64H45NS/c1-63(2)55-25-10-6-19-48(55)52-23-13-21-45(61(52)63)41-29-32-43(33-30-41)65(44-34-36-49-47-18-7-11-26-56(47)64(57(49)39-44)38-37-42-16-4-9-24-54(42)64)58-27-12-8-20-50(58)51-22-14-28-59-60(51)53-35-31-40-15-3-5-17-46(40)62(53)66-59/h3-36,39H,37-38H2,1-2H3. The maximum absolute atomic E-state index is 2.54. The Labute approximate surface area is 389 Å². The lowest BCUT2D eigenvalue weighted by Crippen LogP contribution is -2.24. The Bertz CT molecular complexity index is 3810. The van der Waals surface area contributed by atoms with Crippen molar-refractivity contribution in [1.29, 1.82) is 0 Å². The zero-order valence-corrected chi connectivity index (χ0v) is 37.8. The Morgan fingerprint density at radius 1 is 0.439 bits per heavy atom. The van der Waals surface area contributed by atoms with Gasteiger partial charge in [-0.1, -0.05) is 190 Å². The third-order valence-corrected chi connectivity index (χ3v) is 16.7. The van der Waals surface area contributed by atoms with Gasteiger partial charge in [-0.05, 0) is 132 Å². The number of fused-ring (bicyclic) bond motifs is 15. The number of anilines is 3. The van der Waals surface area contributed by atoms with Crippen LogP contribution in [0.1, 0.15) is 53.6 Å². The van der Waals surface area contributed by atoms with Crippen LogP contribution < -0.4 is 4.90 Å². The second-order valence-electron chi connectivity index (χ2n) is 19.1. The first-order valence-corrected chi connectivity index (χ1v) is 24.2. The van der Waals surface area contributed by atoms with Crippen LogP contribution in [0.3, 0.4) is 0 Å². The maximum atomic E-state index is 2.54. The third-order valence-electron chi connectivity index (χ3n) is 15.5. The summed E-state index contributed by atoms with van der Waals surface area (Å²) in [5.74, 6) is 0. The lowest BCUT2D eigenvalue weighted by Gasteiger charge is -2.32. The molecule has 66 heavy (non-hydrogen) atoms. The van der Waals surface area contributed by atoms with Crippen LogP contribution in [0, 0.1) is 0 Å². The van der Waals surface area contributed by atoms with Crippen LogP contribution in [0.15, 0.2) is 212 Å². The van der Waals surface area contributed by atoms with Gasteiger partial charge in [0.1, 0.15) is 0 Å². The van der Waals surface area contributed by atoms with Gasteiger partial charge in [-0.3, -0.25) is 0 Å². The fraction of sp³-hybridized carbons (Fsp3) is 0.0938. The monoisotopic (exact) mass is 859 g/mol. The molecule has 14 rings (SSSR count). The fourth-order valence-electron chi connectivity index (χ4n) is 12.6. The summed E-state index contributed by atoms with van der Waals surface area (Å²) in [6.45, 7) is 4.77. The van der Waals surface area contributed by atoms with E-state index in [0.717, 1.165) is 29.9 Å². The summed E-state index contributed by atoms with van der Waals surface area (Å²) in [4.78, 5) is 2.54. The van der Waals surface area contributed by atoms with Crippen molar-refractivity contribution in [3.63, 3.8) is 0 Å². The highest BCUT2D eigenvalue weighted by molar-refractivity contribution is 7.26. The number of benzene rings is 10. The first-order valence-electron chi connectivity index (χ1n) is 23.4. The van der Waals surface area contributed by atoms with E-state index < -0.39 is 0 Å². The van der Waals surface area contributed by atoms with E-state index in [2.05, 4.69) is 231 Å². The van der Waals surface area contributed by atoms with Gasteiger partial charge in [0.2, 0.25) is 0 Å². The molecular formula is C64H45NS. The summed E-state index contributed by atoms with van der Waals surface area (Å²) in [6.07, 6.45) is 2.13. The summed E-state index contributed by atoms with van der Waals surface area (Å²) >= 11 is 1.91. The number of nitrogens with zero attached hydrogens (tertiary/aromatic N) is 1. The molecule has 1 atom stereocenters. The highest BCUT2D eigenvalue weighted by Crippen LogP contribution is 2.60. The van der Waals surface area contributed by atoms with Crippen LogP contribution >= 0.6 is 11.3 Å². The molecule has 2 heteroatoms. The van der Waals surface area contributed by atoms with Gasteiger partial charge in [0, 0.05) is 47.9 Å². The average molecular weight is 860 g/mol. The molecule has 0 amide bonds. The Morgan fingerprint density at radius 2 is 1.08 bits per heavy atom. The molecule has 0 fully saturated rings. The molecular weight excluding hydrogens is 815 g/mol. The van der Waals surface area contributed by atoms with E-state index in [0.29, 0.717) is 0 Å². The van der Waals surface area contributed by atoms with E-state index in [-0.39, 0.29) is 10.8 Å². The smallest absolute Gasteiger partial charge is 0.0540 e. The molecule has 1 nitrogen and oxygen atoms in total. The summed E-state index contributed by atoms with van der Waals surface area (Å²) in [5, 5.41) is 5.23. The molecule has 11 aromatic rings. The van der Waals surface area contributed by atoms with Gasteiger partial charge in [0.05, 0.1) is 5.69 Å². The molecule has 0 bridgehead atoms. The first-order chi connectivity index (χ1) is 32.5. The quantitative estimate of drug-likeness (QED) is 0.167. The lowest BCUT2D eigenvalue weighted by atomic mass is 9.73. The van der Waals surface area contributed by atoms with Gasteiger partial charge in [-0.15, -0.1) is 11.3 Å². The van der Waals surface area contributed by atoms with Gasteiger partial charge >= 0.3 is 0 Å². The molecule has 0 radical (unpaired) electrons. The van der Waals surface area contributed by atoms with Crippen LogP contribution in [0.25, 0.3) is 75.5 Å². The molecule has 1 spiro atoms. The number of rotatable bonds is 5. The van der Waals surface area contributed by atoms with E-state index in [4.69, 9.17) is 0 Å². The molecule has 1 unspecified atom stereocenters. The maximum Gasteiger partial charge on any atom is 0.0540 e. The van der Waals surface area contributed by atoms with E-state index in [1.165, 1.54) is 109 Å². The summed E-state index contributed by atoms with van der Waals surface area (Å²) in [6, 6.07) is 80.3. The molecule has 3 aliphatic carbocycles. The van der Waals surface area contributed by atoms with E-state index in [1.54, 1.807) is 0 Å². The lowest BCUT2D eigenvalue weighted by molar-refractivity contribution is 0.626. The first kappa shape index (κ1) is 37.8. The Kier molecular flexibility index (Phi) is 8.02. The molecule has 1 aromatic heterocycles. The largest absolute Gasteiger partial charge is 0.310 e. The molecule has 10 aromatic carbocycles. The summed E-state index contributed by atoms with van der Waals surface area (Å²) in [5.41, 5.74) is 22.1. The van der Waals surface area contributed by atoms with Crippen molar-refractivity contribution in [3.8, 4) is 44.5 Å². The van der Waals surface area contributed by atoms with Crippen LogP contribution in [0.4, 0.5) is 17.1 Å². The van der Waals surface area contributed by atoms with Crippen LogP contribution in [0.2, 0.25) is 0 Å². The predicted octanol–water partition coefficient (Wildman–Crippen LogP) is 17.6. The SMILES string of the molecule is CC1(C)c2ccccc2-c2cccc(-c3ccc(N(c4ccc5c(c4)C4(CCc6ccccc64)c4ccccc4-5)c4ccccc4-c4cccc5sc6c7ccccc7ccc6c45)cc3)c21. The van der Waals surface area contributed by atoms with Crippen molar-refractivity contribution in [2.45, 2.75) is 37.5 Å². The zero-order chi connectivity index (χ0) is 43.7. The predicted molar refractivity (Wildman–Crippen MR) is 280 cm³/mol. The summed E-state index contributed by atoms with van der Waals surface area (Å²) < 4.78 is 2.65. The van der Waals surface area contributed by atoms with Crippen molar-refractivity contribution in [2.24, 2.45) is 0 Å². The number of para-hydroxylation sites is 1. The topological polar surface area (TPSA) is 3.24 Å². The Balaban J connectivity index is 0.988. The number of hydrogen-bond donors (Lipinski definition) is 0. The van der Waals surface area contributed by atoms with E-state index in [9.17, 15) is 0 Å².